The van der Waals surface area contributed by atoms with Crippen LogP contribution in [0.4, 0.5) is 0 Å². The lowest BCUT2D eigenvalue weighted by Crippen LogP contribution is -1.98. The fourth-order valence-electron chi connectivity index (χ4n) is 22.1. The van der Waals surface area contributed by atoms with Gasteiger partial charge in [0.05, 0.1) is 52.9 Å². The van der Waals surface area contributed by atoms with Gasteiger partial charge in [0.1, 0.15) is 68.6 Å². The van der Waals surface area contributed by atoms with Crippen molar-refractivity contribution in [1.29, 1.82) is 0 Å². The molecule has 5 heterocycles. The summed E-state index contributed by atoms with van der Waals surface area (Å²) in [5, 5.41) is 29.0. The summed E-state index contributed by atoms with van der Waals surface area (Å²) in [6.45, 7) is 23.1. The van der Waals surface area contributed by atoms with Crippen LogP contribution in [0, 0.1) is 0 Å². The van der Waals surface area contributed by atoms with Gasteiger partial charge in [-0.2, -0.15) is 0 Å². The smallest absolute Gasteiger partial charge is 0.164 e. The first-order chi connectivity index (χ1) is 71.1. The Morgan fingerprint density at radius 3 is 0.444 bits per heavy atom. The van der Waals surface area contributed by atoms with Crippen LogP contribution in [0.5, 0.6) is 46.0 Å². The van der Waals surface area contributed by atoms with Crippen molar-refractivity contribution in [2.45, 2.75) is 261 Å². The topological polar surface area (TPSA) is 183 Å². The Morgan fingerprint density at radius 2 is 0.292 bits per heavy atom. The number of aromatic amines is 2. The Balaban J connectivity index is 0.867. The lowest BCUT2D eigenvalue weighted by Gasteiger charge is -2.15. The van der Waals surface area contributed by atoms with Crippen molar-refractivity contribution in [3.63, 3.8) is 0 Å². The number of hydrogen-bond donors (Lipinski definition) is 2. The van der Waals surface area contributed by atoms with Crippen LogP contribution in [0.3, 0.4) is 0 Å². The van der Waals surface area contributed by atoms with E-state index < -0.39 is 0 Å². The zero-order valence-electron chi connectivity index (χ0n) is 85.7. The van der Waals surface area contributed by atoms with Crippen LogP contribution in [0.1, 0.15) is 261 Å². The summed E-state index contributed by atoms with van der Waals surface area (Å²) in [5.41, 5.74) is 5.61. The summed E-state index contributed by atoms with van der Waals surface area (Å²) in [4.78, 5) is 43.8. The maximum atomic E-state index is 6.71. The monoisotopic (exact) mass is 1920 g/mol. The Kier molecular flexibility index (Phi) is 30.0. The highest BCUT2D eigenvalue weighted by atomic mass is 16.5. The molecule has 16 nitrogen and oxygen atoms in total. The minimum absolute atomic E-state index is 0.489. The maximum absolute atomic E-state index is 6.71. The van der Waals surface area contributed by atoms with Crippen LogP contribution in [-0.2, 0) is 0 Å². The minimum atomic E-state index is 0.489. The molecule has 2 N–H and O–H groups in total. The average molecular weight is 1920 g/mol. The minimum Gasteiger partial charge on any atom is -0.494 e. The van der Waals surface area contributed by atoms with Crippen molar-refractivity contribution in [2.24, 2.45) is 0 Å². The van der Waals surface area contributed by atoms with Crippen molar-refractivity contribution >= 4 is 173 Å². The van der Waals surface area contributed by atoms with E-state index in [0.29, 0.717) is 98.7 Å². The molecule has 19 aromatic rings. The summed E-state index contributed by atoms with van der Waals surface area (Å²) >= 11 is 0. The molecule has 21 rings (SSSR count). The second-order valence-corrected chi connectivity index (χ2v) is 40.3. The molecular formula is C128H138N8O8. The fourth-order valence-corrected chi connectivity index (χ4v) is 22.1. The van der Waals surface area contributed by atoms with Gasteiger partial charge in [-0.15, -0.1) is 0 Å². The first-order valence-corrected chi connectivity index (χ1v) is 54.8. The molecule has 0 radical (unpaired) electrons. The van der Waals surface area contributed by atoms with Crippen molar-refractivity contribution < 1.29 is 37.9 Å². The number of rotatable bonds is 48. The van der Waals surface area contributed by atoms with E-state index in [1.54, 1.807) is 0 Å². The van der Waals surface area contributed by atoms with E-state index in [4.69, 9.17) is 67.8 Å². The summed E-state index contributed by atoms with van der Waals surface area (Å²) in [7, 11) is 0. The molecule has 2 aliphatic heterocycles. The number of ether oxygens (including phenoxy) is 8. The SMILES string of the molecule is CCCCCCOc1ccc2c(c1)c1cc(OCCCCCC)ccc1c1cc3c(cc21)-c1nc-3nc2[nH]c(nc3nc(nc4[nH]c(n1)c1cc5c6ccc(OCCCCCC)cc6c6cc(OCCCCCC)ccc6c5cc41)-c1cc4c5ccc(OCCCCCC)cc5c5cc(OCCCCCC)ccc5c4cc1-3)c1cc3c4ccc(OCCCCCC)cc4c4cc(OCCCCCC)ccc4c3cc21. The van der Waals surface area contributed by atoms with Crippen molar-refractivity contribution in [3.05, 3.63) is 194 Å². The van der Waals surface area contributed by atoms with E-state index >= 15 is 0 Å². The Labute approximate surface area is 845 Å². The van der Waals surface area contributed by atoms with E-state index in [-0.39, 0.29) is 0 Å². The highest BCUT2D eigenvalue weighted by Crippen LogP contribution is 2.51. The zero-order valence-corrected chi connectivity index (χ0v) is 85.7. The number of nitrogens with zero attached hydrogens (tertiary/aromatic N) is 6. The second kappa shape index (κ2) is 44.7. The third kappa shape index (κ3) is 20.0. The lowest BCUT2D eigenvalue weighted by atomic mass is 9.91. The van der Waals surface area contributed by atoms with Gasteiger partial charge in [-0.05, 0) is 326 Å². The van der Waals surface area contributed by atoms with Crippen molar-refractivity contribution in [2.75, 3.05) is 52.9 Å². The fraction of sp³-hybridized carbons (Fsp3) is 0.375. The van der Waals surface area contributed by atoms with Gasteiger partial charge < -0.3 is 47.9 Å². The Morgan fingerprint density at radius 1 is 0.146 bits per heavy atom. The van der Waals surface area contributed by atoms with E-state index in [1.807, 2.05) is 0 Å². The predicted molar refractivity (Wildman–Crippen MR) is 603 cm³/mol. The van der Waals surface area contributed by atoms with Gasteiger partial charge in [-0.25, -0.2) is 29.9 Å². The summed E-state index contributed by atoms with van der Waals surface area (Å²) in [6.07, 6.45) is 35.4. The van der Waals surface area contributed by atoms with Crippen molar-refractivity contribution in [3.8, 4) is 91.5 Å². The molecule has 8 bridgehead atoms. The van der Waals surface area contributed by atoms with Crippen LogP contribution < -0.4 is 37.9 Å². The normalized spacial score (nSPS) is 12.2. The standard InChI is InChI=1S/C128H138N8O8/c1-9-17-25-33-57-137-81-41-49-89-97(65-81)98-66-82(138-58-34-26-18-10-2)42-50-90(98)106-74-114-113(73-105(89)106)121-129-122(114)134-124-117-77-109-93-53-45-85(141-61-37-29-21-13-5)69-101(93)102-70-86(142-62-38-30-22-14-6)46-54-94(102)110(109)78-118(117)126(131-124)136-128-120-80-112-96-56-48-88(144-64-40-32-24-16-8)72-104(96)103-71-87(143-63-39-31-23-15-7)47-55-95(103)111(112)79-119(120)127(132-128)135-125-116-76-108-92-52-44-84(140-60-36-28-20-12-4)68-100(92)99-67-83(139-59-35-27-19-11-3)43-51-91(99)107(108)75-115(116)123(130-125)133-121/h41-56,65-80H,9-40,57-64H2,1-8H3,(H2,129,130,131,132,133,134,135,136). The van der Waals surface area contributed by atoms with Crippen LogP contribution >= 0.6 is 0 Å². The largest absolute Gasteiger partial charge is 0.494 e. The van der Waals surface area contributed by atoms with E-state index in [0.717, 1.165) is 373 Å². The number of unbranched alkanes of at least 4 members (excludes halogenated alkanes) is 24. The zero-order chi connectivity index (χ0) is 97.9. The number of benzene rings is 16. The summed E-state index contributed by atoms with van der Waals surface area (Å²) < 4.78 is 53.7. The van der Waals surface area contributed by atoms with Gasteiger partial charge in [0.25, 0.3) is 0 Å². The van der Waals surface area contributed by atoms with Crippen molar-refractivity contribution in [1.82, 2.24) is 39.9 Å². The molecule has 16 aromatic carbocycles. The molecule has 0 saturated heterocycles. The number of fused-ring (bicyclic) bond motifs is 44. The van der Waals surface area contributed by atoms with Gasteiger partial charge in [0, 0.05) is 43.8 Å². The number of aromatic nitrogens is 8. The molecule has 144 heavy (non-hydrogen) atoms. The van der Waals surface area contributed by atoms with Gasteiger partial charge in [-0.1, -0.05) is 258 Å². The lowest BCUT2D eigenvalue weighted by molar-refractivity contribution is 0.305. The van der Waals surface area contributed by atoms with Crippen LogP contribution in [0.15, 0.2) is 194 Å². The third-order valence-corrected chi connectivity index (χ3v) is 29.9. The second-order valence-electron chi connectivity index (χ2n) is 40.3. The molecule has 0 unspecified atom stereocenters. The van der Waals surface area contributed by atoms with Gasteiger partial charge >= 0.3 is 0 Å². The molecule has 0 fully saturated rings. The van der Waals surface area contributed by atoms with E-state index in [1.165, 1.54) is 51.4 Å². The molecule has 3 aromatic heterocycles. The first-order valence-electron chi connectivity index (χ1n) is 54.8. The molecule has 0 amide bonds. The quantitative estimate of drug-likeness (QED) is 0.0271. The highest BCUT2D eigenvalue weighted by Gasteiger charge is 2.29. The predicted octanol–water partition coefficient (Wildman–Crippen LogP) is 36.4. The number of nitrogens with one attached hydrogen (secondary N) is 2. The average Bonchev–Trinajstić information content (AvgIpc) is 1.50. The molecule has 2 aliphatic rings. The summed E-state index contributed by atoms with van der Waals surface area (Å²) in [5.74, 6) is 8.65. The number of hydrogen-bond acceptors (Lipinski definition) is 14. The highest BCUT2D eigenvalue weighted by molar-refractivity contribution is 6.33. The summed E-state index contributed by atoms with van der Waals surface area (Å²) in [6, 6.07) is 71.8. The molecular weight excluding hydrogens is 1780 g/mol. The van der Waals surface area contributed by atoms with Gasteiger partial charge in [-0.3, -0.25) is 0 Å². The Hall–Kier alpha value is -13.6. The molecule has 0 spiro atoms. The Bertz CT molecular complexity index is 7260. The van der Waals surface area contributed by atoms with Crippen LogP contribution in [0.2, 0.25) is 0 Å². The van der Waals surface area contributed by atoms with Crippen LogP contribution in [-0.4, -0.2) is 92.7 Å². The molecule has 738 valence electrons. The van der Waals surface area contributed by atoms with Gasteiger partial charge in [0.15, 0.2) is 23.3 Å². The third-order valence-electron chi connectivity index (χ3n) is 29.9. The van der Waals surface area contributed by atoms with Crippen LogP contribution in [0.25, 0.3) is 219 Å². The molecule has 0 saturated carbocycles. The van der Waals surface area contributed by atoms with E-state index in [9.17, 15) is 0 Å². The van der Waals surface area contributed by atoms with E-state index in [2.05, 4.69) is 259 Å². The maximum Gasteiger partial charge on any atom is 0.164 e. The molecule has 16 heteroatoms. The molecule has 0 aliphatic carbocycles. The molecule has 0 atom stereocenters. The van der Waals surface area contributed by atoms with Gasteiger partial charge in [0.2, 0.25) is 0 Å². The number of H-pyrrole nitrogens is 2. The first kappa shape index (κ1) is 96.5.